The van der Waals surface area contributed by atoms with Crippen molar-refractivity contribution in [3.63, 3.8) is 0 Å². The van der Waals surface area contributed by atoms with Gasteiger partial charge in [-0.05, 0) is 40.5 Å². The van der Waals surface area contributed by atoms with Crippen molar-refractivity contribution in [2.45, 2.75) is 39.5 Å². The van der Waals surface area contributed by atoms with Crippen LogP contribution >= 0.6 is 15.9 Å². The molecule has 120 valence electrons. The highest BCUT2D eigenvalue weighted by atomic mass is 79.9. The van der Waals surface area contributed by atoms with Gasteiger partial charge in [-0.15, -0.1) is 0 Å². The van der Waals surface area contributed by atoms with E-state index in [1.165, 1.54) is 0 Å². The molecule has 0 aliphatic carbocycles. The van der Waals surface area contributed by atoms with Gasteiger partial charge in [-0.1, -0.05) is 13.8 Å². The van der Waals surface area contributed by atoms with Crippen molar-refractivity contribution in [1.82, 2.24) is 5.32 Å². The first-order chi connectivity index (χ1) is 9.73. The number of nitrogens with one attached hydrogen (secondary N) is 1. The van der Waals surface area contributed by atoms with Crippen molar-refractivity contribution in [3.8, 4) is 11.5 Å². The third-order valence-electron chi connectivity index (χ3n) is 2.46. The molecule has 0 unspecified atom stereocenters. The van der Waals surface area contributed by atoms with Crippen LogP contribution in [0, 0.1) is 0 Å². The van der Waals surface area contributed by atoms with Gasteiger partial charge in [-0.25, -0.2) is 0 Å². The average Bonchev–Trinajstić information content (AvgIpc) is 2.34. The molecule has 0 radical (unpaired) electrons. The Morgan fingerprint density at radius 2 is 1.90 bits per heavy atom. The molecule has 0 atom stereocenters. The minimum atomic E-state index is -4.39. The van der Waals surface area contributed by atoms with Crippen LogP contribution in [0.1, 0.15) is 26.3 Å². The first kappa shape index (κ1) is 18.1. The first-order valence-electron chi connectivity index (χ1n) is 6.61. The molecule has 0 aliphatic rings. The number of hydrogen-bond acceptors (Lipinski definition) is 3. The molecule has 0 heterocycles. The predicted molar refractivity (Wildman–Crippen MR) is 78.8 cm³/mol. The molecule has 0 saturated heterocycles. The van der Waals surface area contributed by atoms with Crippen LogP contribution in [0.5, 0.6) is 11.5 Å². The van der Waals surface area contributed by atoms with Crippen LogP contribution < -0.4 is 14.8 Å². The second kappa shape index (κ2) is 7.89. The third kappa shape index (κ3) is 6.56. The second-order valence-electron chi connectivity index (χ2n) is 4.78. The van der Waals surface area contributed by atoms with E-state index in [1.54, 1.807) is 19.1 Å². The Labute approximate surface area is 130 Å². The van der Waals surface area contributed by atoms with Gasteiger partial charge in [0.15, 0.2) is 18.1 Å². The van der Waals surface area contributed by atoms with E-state index in [9.17, 15) is 13.2 Å². The van der Waals surface area contributed by atoms with Crippen LogP contribution in [0.15, 0.2) is 16.6 Å². The maximum absolute atomic E-state index is 12.3. The minimum absolute atomic E-state index is 0.0717. The molecule has 0 saturated carbocycles. The van der Waals surface area contributed by atoms with Gasteiger partial charge in [0.05, 0.1) is 11.1 Å². The molecule has 1 N–H and O–H groups in total. The van der Waals surface area contributed by atoms with Gasteiger partial charge in [-0.2, -0.15) is 13.2 Å². The van der Waals surface area contributed by atoms with Crippen LogP contribution in [0.3, 0.4) is 0 Å². The first-order valence-corrected chi connectivity index (χ1v) is 7.40. The van der Waals surface area contributed by atoms with Gasteiger partial charge in [0.25, 0.3) is 0 Å². The van der Waals surface area contributed by atoms with Crippen LogP contribution in [-0.4, -0.2) is 25.4 Å². The lowest BCUT2D eigenvalue weighted by Crippen LogP contribution is -2.22. The van der Waals surface area contributed by atoms with Gasteiger partial charge in [0, 0.05) is 12.6 Å². The maximum Gasteiger partial charge on any atom is 0.422 e. The van der Waals surface area contributed by atoms with E-state index in [0.29, 0.717) is 29.4 Å². The fourth-order valence-corrected chi connectivity index (χ4v) is 2.21. The molecular weight excluding hydrogens is 351 g/mol. The molecule has 0 aliphatic heterocycles. The lowest BCUT2D eigenvalue weighted by Gasteiger charge is -2.17. The molecule has 0 amide bonds. The molecule has 0 spiro atoms. The Hall–Kier alpha value is -0.950. The number of alkyl halides is 3. The Balaban J connectivity index is 2.95. The summed E-state index contributed by atoms with van der Waals surface area (Å²) >= 11 is 3.24. The van der Waals surface area contributed by atoms with Gasteiger partial charge in [-0.3, -0.25) is 0 Å². The number of benzene rings is 1. The summed E-state index contributed by atoms with van der Waals surface area (Å²) in [7, 11) is 0. The number of ether oxygens (including phenoxy) is 2. The molecule has 0 bridgehead atoms. The normalized spacial score (nSPS) is 11.8. The molecule has 21 heavy (non-hydrogen) atoms. The summed E-state index contributed by atoms with van der Waals surface area (Å²) in [5, 5.41) is 3.24. The lowest BCUT2D eigenvalue weighted by atomic mass is 10.2. The van der Waals surface area contributed by atoms with Crippen molar-refractivity contribution in [2.24, 2.45) is 0 Å². The van der Waals surface area contributed by atoms with E-state index in [0.717, 1.165) is 5.56 Å². The number of rotatable bonds is 7. The van der Waals surface area contributed by atoms with Crippen LogP contribution in [-0.2, 0) is 6.54 Å². The van der Waals surface area contributed by atoms with E-state index in [4.69, 9.17) is 9.47 Å². The average molecular weight is 370 g/mol. The summed E-state index contributed by atoms with van der Waals surface area (Å²) in [6.45, 7) is 5.38. The fraction of sp³-hybridized carbons (Fsp3) is 0.571. The molecular formula is C14H19BrF3NO2. The van der Waals surface area contributed by atoms with E-state index in [1.807, 2.05) is 13.8 Å². The summed E-state index contributed by atoms with van der Waals surface area (Å²) in [5.74, 6) is 0.374. The molecule has 1 aromatic carbocycles. The summed E-state index contributed by atoms with van der Waals surface area (Å²) < 4.78 is 47.5. The number of halogens is 4. The summed E-state index contributed by atoms with van der Waals surface area (Å²) in [4.78, 5) is 0. The smallest absolute Gasteiger partial charge is 0.422 e. The largest absolute Gasteiger partial charge is 0.490 e. The van der Waals surface area contributed by atoms with Crippen molar-refractivity contribution in [2.75, 3.05) is 13.2 Å². The highest BCUT2D eigenvalue weighted by Crippen LogP contribution is 2.37. The highest BCUT2D eigenvalue weighted by molar-refractivity contribution is 9.10. The molecule has 1 aromatic rings. The Morgan fingerprint density at radius 1 is 1.24 bits per heavy atom. The molecule has 0 fully saturated rings. The fourth-order valence-electron chi connectivity index (χ4n) is 1.60. The summed E-state index contributed by atoms with van der Waals surface area (Å²) in [5.41, 5.74) is 0.901. The summed E-state index contributed by atoms with van der Waals surface area (Å²) in [6.07, 6.45) is -4.39. The lowest BCUT2D eigenvalue weighted by molar-refractivity contribution is -0.153. The Kier molecular flexibility index (Phi) is 6.80. The van der Waals surface area contributed by atoms with Gasteiger partial charge < -0.3 is 14.8 Å². The Morgan fingerprint density at radius 3 is 2.43 bits per heavy atom. The van der Waals surface area contributed by atoms with Crippen LogP contribution in [0.2, 0.25) is 0 Å². The monoisotopic (exact) mass is 369 g/mol. The SMILES string of the molecule is CCOc1cc(CNC(C)C)cc(Br)c1OCC(F)(F)F. The zero-order valence-corrected chi connectivity index (χ0v) is 13.8. The van der Waals surface area contributed by atoms with E-state index in [2.05, 4.69) is 21.2 Å². The zero-order chi connectivity index (χ0) is 16.0. The second-order valence-corrected chi connectivity index (χ2v) is 5.63. The van der Waals surface area contributed by atoms with Gasteiger partial charge in [0.2, 0.25) is 0 Å². The van der Waals surface area contributed by atoms with E-state index < -0.39 is 12.8 Å². The van der Waals surface area contributed by atoms with Gasteiger partial charge in [0.1, 0.15) is 0 Å². The van der Waals surface area contributed by atoms with E-state index >= 15 is 0 Å². The van der Waals surface area contributed by atoms with Crippen molar-refractivity contribution in [1.29, 1.82) is 0 Å². The minimum Gasteiger partial charge on any atom is -0.490 e. The standard InChI is InChI=1S/C14H19BrF3NO2/c1-4-20-12-6-10(7-19-9(2)3)5-11(15)13(12)21-8-14(16,17)18/h5-6,9,19H,4,7-8H2,1-3H3. The quantitative estimate of drug-likeness (QED) is 0.777. The topological polar surface area (TPSA) is 30.5 Å². The maximum atomic E-state index is 12.3. The van der Waals surface area contributed by atoms with Crippen LogP contribution in [0.25, 0.3) is 0 Å². The van der Waals surface area contributed by atoms with Crippen molar-refractivity contribution >= 4 is 15.9 Å². The molecule has 7 heteroatoms. The predicted octanol–water partition coefficient (Wildman–Crippen LogP) is 4.29. The van der Waals surface area contributed by atoms with E-state index in [-0.39, 0.29) is 5.75 Å². The Bertz CT molecular complexity index is 464. The number of hydrogen-bond donors (Lipinski definition) is 1. The molecule has 0 aromatic heterocycles. The highest BCUT2D eigenvalue weighted by Gasteiger charge is 2.29. The van der Waals surface area contributed by atoms with Crippen LogP contribution in [0.4, 0.5) is 13.2 Å². The zero-order valence-electron chi connectivity index (χ0n) is 12.2. The van der Waals surface area contributed by atoms with Crippen molar-refractivity contribution in [3.05, 3.63) is 22.2 Å². The molecule has 3 nitrogen and oxygen atoms in total. The molecule has 1 rings (SSSR count). The van der Waals surface area contributed by atoms with Crippen molar-refractivity contribution < 1.29 is 22.6 Å². The third-order valence-corrected chi connectivity index (χ3v) is 3.05. The van der Waals surface area contributed by atoms with Gasteiger partial charge >= 0.3 is 6.18 Å². The summed E-state index contributed by atoms with van der Waals surface area (Å²) in [6, 6.07) is 3.72.